The van der Waals surface area contributed by atoms with Gasteiger partial charge in [-0.15, -0.1) is 23.7 Å². The summed E-state index contributed by atoms with van der Waals surface area (Å²) in [5, 5.41) is 5.24. The second-order valence-corrected chi connectivity index (χ2v) is 5.58. The Bertz CT molecular complexity index is 703. The molecule has 0 aliphatic rings. The van der Waals surface area contributed by atoms with E-state index in [0.717, 1.165) is 10.6 Å². The van der Waals surface area contributed by atoms with Gasteiger partial charge in [0.2, 0.25) is 0 Å². The number of esters is 1. The SMILES string of the molecule is COC(=O)c1cc(NC(=O)c2csc(CCN)n2)ccc1C.Cl. The van der Waals surface area contributed by atoms with Gasteiger partial charge in [-0.1, -0.05) is 6.07 Å². The van der Waals surface area contributed by atoms with Gasteiger partial charge < -0.3 is 15.8 Å². The quantitative estimate of drug-likeness (QED) is 0.803. The molecule has 2 rings (SSSR count). The van der Waals surface area contributed by atoms with E-state index in [1.807, 2.05) is 0 Å². The molecule has 0 aliphatic heterocycles. The second kappa shape index (κ2) is 8.61. The highest BCUT2D eigenvalue weighted by atomic mass is 35.5. The van der Waals surface area contributed by atoms with E-state index in [2.05, 4.69) is 10.3 Å². The fourth-order valence-electron chi connectivity index (χ4n) is 1.88. The van der Waals surface area contributed by atoms with Gasteiger partial charge in [-0.25, -0.2) is 9.78 Å². The molecule has 1 aromatic carbocycles. The number of benzene rings is 1. The molecule has 8 heteroatoms. The van der Waals surface area contributed by atoms with Crippen LogP contribution in [0.1, 0.15) is 31.4 Å². The number of nitrogens with two attached hydrogens (primary N) is 1. The fraction of sp³-hybridized carbons (Fsp3) is 0.267. The van der Waals surface area contributed by atoms with E-state index in [0.29, 0.717) is 29.9 Å². The number of halogens is 1. The molecule has 0 spiro atoms. The molecule has 6 nitrogen and oxygen atoms in total. The summed E-state index contributed by atoms with van der Waals surface area (Å²) in [6.07, 6.45) is 0.648. The molecule has 1 heterocycles. The van der Waals surface area contributed by atoms with Crippen LogP contribution in [0.4, 0.5) is 5.69 Å². The summed E-state index contributed by atoms with van der Waals surface area (Å²) in [4.78, 5) is 28.0. The zero-order valence-corrected chi connectivity index (χ0v) is 14.4. The maximum absolute atomic E-state index is 12.2. The predicted molar refractivity (Wildman–Crippen MR) is 92.6 cm³/mol. The van der Waals surface area contributed by atoms with E-state index >= 15 is 0 Å². The highest BCUT2D eigenvalue weighted by Crippen LogP contribution is 2.18. The van der Waals surface area contributed by atoms with Crippen molar-refractivity contribution in [3.63, 3.8) is 0 Å². The van der Waals surface area contributed by atoms with Crippen LogP contribution in [0, 0.1) is 6.92 Å². The van der Waals surface area contributed by atoms with Crippen LogP contribution in [0.5, 0.6) is 0 Å². The van der Waals surface area contributed by atoms with Crippen molar-refractivity contribution in [1.29, 1.82) is 0 Å². The molecular formula is C15H18ClN3O3S. The Kier molecular flexibility index (Phi) is 7.15. The molecule has 1 amide bonds. The third kappa shape index (κ3) is 4.75. The van der Waals surface area contributed by atoms with E-state index < -0.39 is 5.97 Å². The molecule has 124 valence electrons. The van der Waals surface area contributed by atoms with Gasteiger partial charge in [-0.3, -0.25) is 4.79 Å². The number of hydrogen-bond acceptors (Lipinski definition) is 6. The average Bonchev–Trinajstić information content (AvgIpc) is 2.97. The number of thiazole rings is 1. The molecule has 2 aromatic rings. The number of ether oxygens (including phenoxy) is 1. The van der Waals surface area contributed by atoms with E-state index in [1.165, 1.54) is 18.4 Å². The molecule has 23 heavy (non-hydrogen) atoms. The second-order valence-electron chi connectivity index (χ2n) is 4.64. The average molecular weight is 356 g/mol. The summed E-state index contributed by atoms with van der Waals surface area (Å²) >= 11 is 1.40. The zero-order valence-electron chi connectivity index (χ0n) is 12.8. The molecule has 0 aliphatic carbocycles. The number of aromatic nitrogens is 1. The number of hydrogen-bond donors (Lipinski definition) is 2. The monoisotopic (exact) mass is 355 g/mol. The van der Waals surface area contributed by atoms with Crippen LogP contribution >= 0.6 is 23.7 Å². The molecule has 0 bridgehead atoms. The lowest BCUT2D eigenvalue weighted by Crippen LogP contribution is -2.14. The van der Waals surface area contributed by atoms with Crippen molar-refractivity contribution in [2.24, 2.45) is 5.73 Å². The molecule has 0 unspecified atom stereocenters. The van der Waals surface area contributed by atoms with Crippen LogP contribution < -0.4 is 11.1 Å². The number of carbonyl (C=O) groups is 2. The number of amides is 1. The Morgan fingerprint density at radius 2 is 2.13 bits per heavy atom. The van der Waals surface area contributed by atoms with Gasteiger partial charge >= 0.3 is 5.97 Å². The first kappa shape index (κ1) is 19.1. The first-order valence-corrected chi connectivity index (χ1v) is 7.58. The van der Waals surface area contributed by atoms with E-state index in [-0.39, 0.29) is 18.3 Å². The molecule has 0 saturated carbocycles. The van der Waals surface area contributed by atoms with Crippen LogP contribution in [-0.4, -0.2) is 30.5 Å². The number of nitrogens with zero attached hydrogens (tertiary/aromatic N) is 1. The van der Waals surface area contributed by atoms with Crippen LogP contribution in [0.15, 0.2) is 23.6 Å². The van der Waals surface area contributed by atoms with Crippen molar-refractivity contribution in [2.75, 3.05) is 19.0 Å². The molecule has 1 aromatic heterocycles. The number of aryl methyl sites for hydroxylation is 1. The molecule has 0 fully saturated rings. The molecule has 0 radical (unpaired) electrons. The van der Waals surface area contributed by atoms with Crippen LogP contribution in [0.3, 0.4) is 0 Å². The standard InChI is InChI=1S/C15H17N3O3S.ClH/c1-9-3-4-10(7-11(9)15(20)21-2)17-14(19)12-8-22-13(18-12)5-6-16;/h3-4,7-8H,5-6,16H2,1-2H3,(H,17,19);1H. The van der Waals surface area contributed by atoms with Crippen molar-refractivity contribution < 1.29 is 14.3 Å². The third-order valence-corrected chi connectivity index (χ3v) is 3.95. The lowest BCUT2D eigenvalue weighted by molar-refractivity contribution is 0.0599. The maximum atomic E-state index is 12.2. The first-order valence-electron chi connectivity index (χ1n) is 6.70. The zero-order chi connectivity index (χ0) is 16.1. The van der Waals surface area contributed by atoms with Crippen LogP contribution in [0.2, 0.25) is 0 Å². The normalized spacial score (nSPS) is 9.87. The first-order chi connectivity index (χ1) is 10.5. The van der Waals surface area contributed by atoms with Crippen molar-refractivity contribution in [1.82, 2.24) is 4.98 Å². The summed E-state index contributed by atoms with van der Waals surface area (Å²) < 4.78 is 4.72. The summed E-state index contributed by atoms with van der Waals surface area (Å²) in [5.41, 5.74) is 7.52. The van der Waals surface area contributed by atoms with E-state index in [4.69, 9.17) is 10.5 Å². The Morgan fingerprint density at radius 1 is 1.39 bits per heavy atom. The van der Waals surface area contributed by atoms with Crippen molar-refractivity contribution >= 4 is 41.3 Å². The number of carbonyl (C=O) groups excluding carboxylic acids is 2. The molecule has 0 saturated heterocycles. The lowest BCUT2D eigenvalue weighted by atomic mass is 10.1. The third-order valence-electron chi connectivity index (χ3n) is 3.04. The van der Waals surface area contributed by atoms with Gasteiger partial charge in [0, 0.05) is 17.5 Å². The Labute approximate surface area is 144 Å². The van der Waals surface area contributed by atoms with Crippen LogP contribution in [0.25, 0.3) is 0 Å². The van der Waals surface area contributed by atoms with Crippen molar-refractivity contribution in [3.8, 4) is 0 Å². The van der Waals surface area contributed by atoms with Gasteiger partial charge in [-0.2, -0.15) is 0 Å². The minimum absolute atomic E-state index is 0. The fourth-order valence-corrected chi connectivity index (χ4v) is 2.67. The molecular weight excluding hydrogens is 338 g/mol. The highest BCUT2D eigenvalue weighted by molar-refractivity contribution is 7.09. The smallest absolute Gasteiger partial charge is 0.338 e. The number of methoxy groups -OCH3 is 1. The Morgan fingerprint density at radius 3 is 2.78 bits per heavy atom. The van der Waals surface area contributed by atoms with Gasteiger partial charge in [-0.05, 0) is 31.2 Å². The largest absolute Gasteiger partial charge is 0.465 e. The highest BCUT2D eigenvalue weighted by Gasteiger charge is 2.14. The van der Waals surface area contributed by atoms with E-state index in [9.17, 15) is 9.59 Å². The minimum Gasteiger partial charge on any atom is -0.465 e. The minimum atomic E-state index is -0.438. The van der Waals surface area contributed by atoms with Crippen molar-refractivity contribution in [3.05, 3.63) is 45.4 Å². The van der Waals surface area contributed by atoms with Gasteiger partial charge in [0.25, 0.3) is 5.91 Å². The maximum Gasteiger partial charge on any atom is 0.338 e. The van der Waals surface area contributed by atoms with Gasteiger partial charge in [0.05, 0.1) is 17.7 Å². The number of anilines is 1. The Hall–Kier alpha value is -1.96. The summed E-state index contributed by atoms with van der Waals surface area (Å²) in [5.74, 6) is -0.758. The summed E-state index contributed by atoms with van der Waals surface area (Å²) in [6.45, 7) is 2.30. The molecule has 3 N–H and O–H groups in total. The van der Waals surface area contributed by atoms with Crippen molar-refractivity contribution in [2.45, 2.75) is 13.3 Å². The van der Waals surface area contributed by atoms with Gasteiger partial charge in [0.1, 0.15) is 5.69 Å². The lowest BCUT2D eigenvalue weighted by Gasteiger charge is -2.08. The van der Waals surface area contributed by atoms with Crippen LogP contribution in [-0.2, 0) is 11.2 Å². The predicted octanol–water partition coefficient (Wildman–Crippen LogP) is 2.41. The Balaban J connectivity index is 0.00000264. The van der Waals surface area contributed by atoms with E-state index in [1.54, 1.807) is 30.5 Å². The number of nitrogens with one attached hydrogen (secondary N) is 1. The number of rotatable bonds is 5. The molecule has 0 atom stereocenters. The summed E-state index contributed by atoms with van der Waals surface area (Å²) in [7, 11) is 1.32. The topological polar surface area (TPSA) is 94.3 Å². The van der Waals surface area contributed by atoms with Gasteiger partial charge in [0.15, 0.2) is 0 Å². The summed E-state index contributed by atoms with van der Waals surface area (Å²) in [6, 6.07) is 5.07.